The number of halogens is 1. The lowest BCUT2D eigenvalue weighted by Gasteiger charge is -2.37. The summed E-state index contributed by atoms with van der Waals surface area (Å²) in [5.74, 6) is 0.428. The largest absolute Gasteiger partial charge is 0.507 e. The Balaban J connectivity index is 1.89. The average Bonchev–Trinajstić information content (AvgIpc) is 2.90. The lowest BCUT2D eigenvalue weighted by Crippen LogP contribution is -2.47. The van der Waals surface area contributed by atoms with Gasteiger partial charge in [0.05, 0.1) is 4.47 Å². The first-order chi connectivity index (χ1) is 12.3. The maximum Gasteiger partial charge on any atom is 0.271 e. The third-order valence-electron chi connectivity index (χ3n) is 5.56. The molecule has 26 heavy (non-hydrogen) atoms. The number of rotatable bonds is 0. The summed E-state index contributed by atoms with van der Waals surface area (Å²) >= 11 is 3.44. The summed E-state index contributed by atoms with van der Waals surface area (Å²) in [6, 6.07) is 6.02. The van der Waals surface area contributed by atoms with Crippen LogP contribution < -0.4 is 0 Å². The Hall–Kier alpha value is -1.75. The molecule has 0 bridgehead atoms. The van der Waals surface area contributed by atoms with Gasteiger partial charge in [0, 0.05) is 29.9 Å². The second-order valence-corrected chi connectivity index (χ2v) is 9.20. The zero-order valence-corrected chi connectivity index (χ0v) is 17.2. The van der Waals surface area contributed by atoms with Crippen LogP contribution in [0, 0.1) is 0 Å². The van der Waals surface area contributed by atoms with E-state index in [1.807, 2.05) is 17.0 Å². The highest BCUT2D eigenvalue weighted by atomic mass is 79.9. The standard InChI is InChI=1S/C21H25BrN2O2/c1-21(2,3)24-8-5-4-6-14-10-17-15-12-16(22)18(25)11-13(15)7-9-23(17)19(14)20(24)26/h10-12,25H,4-9H2,1-3H3. The van der Waals surface area contributed by atoms with Crippen LogP contribution in [0.2, 0.25) is 0 Å². The van der Waals surface area contributed by atoms with Crippen LogP contribution in [-0.4, -0.2) is 32.6 Å². The number of benzene rings is 1. The summed E-state index contributed by atoms with van der Waals surface area (Å²) in [6.07, 6.45) is 3.92. The van der Waals surface area contributed by atoms with E-state index in [0.717, 1.165) is 66.9 Å². The molecule has 0 atom stereocenters. The molecule has 0 saturated carbocycles. The number of phenolic OH excluding ortho intramolecular Hbond substituents is 1. The second kappa shape index (κ2) is 6.15. The molecule has 0 radical (unpaired) electrons. The molecular weight excluding hydrogens is 392 g/mol. The van der Waals surface area contributed by atoms with Crippen LogP contribution in [0.3, 0.4) is 0 Å². The normalized spacial score (nSPS) is 17.2. The van der Waals surface area contributed by atoms with Crippen molar-refractivity contribution in [2.75, 3.05) is 6.54 Å². The molecule has 0 saturated heterocycles. The molecule has 2 aliphatic heterocycles. The average molecular weight is 417 g/mol. The highest BCUT2D eigenvalue weighted by molar-refractivity contribution is 9.10. The molecule has 0 unspecified atom stereocenters. The van der Waals surface area contributed by atoms with E-state index >= 15 is 0 Å². The van der Waals surface area contributed by atoms with E-state index in [9.17, 15) is 9.90 Å². The lowest BCUT2D eigenvalue weighted by atomic mass is 9.98. The third-order valence-corrected chi connectivity index (χ3v) is 6.20. The zero-order chi connectivity index (χ0) is 18.6. The number of aromatic nitrogens is 1. The molecule has 0 aliphatic carbocycles. The highest BCUT2D eigenvalue weighted by Crippen LogP contribution is 2.40. The van der Waals surface area contributed by atoms with Gasteiger partial charge in [0.15, 0.2) is 0 Å². The fourth-order valence-electron chi connectivity index (χ4n) is 4.24. The van der Waals surface area contributed by atoms with Gasteiger partial charge in [-0.25, -0.2) is 0 Å². The van der Waals surface area contributed by atoms with E-state index in [1.54, 1.807) is 0 Å². The van der Waals surface area contributed by atoms with Crippen molar-refractivity contribution in [3.05, 3.63) is 39.5 Å². The minimum atomic E-state index is -0.183. The van der Waals surface area contributed by atoms with Gasteiger partial charge in [-0.15, -0.1) is 0 Å². The topological polar surface area (TPSA) is 45.5 Å². The van der Waals surface area contributed by atoms with Gasteiger partial charge in [-0.3, -0.25) is 4.79 Å². The Morgan fingerprint density at radius 2 is 1.81 bits per heavy atom. The highest BCUT2D eigenvalue weighted by Gasteiger charge is 2.34. The van der Waals surface area contributed by atoms with Gasteiger partial charge in [0.25, 0.3) is 5.91 Å². The van der Waals surface area contributed by atoms with Crippen molar-refractivity contribution in [2.24, 2.45) is 0 Å². The van der Waals surface area contributed by atoms with E-state index < -0.39 is 0 Å². The molecule has 3 heterocycles. The molecule has 1 aromatic heterocycles. The minimum absolute atomic E-state index is 0.153. The second-order valence-electron chi connectivity index (χ2n) is 8.35. The van der Waals surface area contributed by atoms with Crippen molar-refractivity contribution in [3.63, 3.8) is 0 Å². The maximum atomic E-state index is 13.5. The van der Waals surface area contributed by atoms with Crippen LogP contribution in [-0.2, 0) is 19.4 Å². The SMILES string of the molecule is CC(C)(C)N1CCCCc2cc3n(c2C1=O)CCc1cc(O)c(Br)cc1-3. The monoisotopic (exact) mass is 416 g/mol. The Labute approximate surface area is 162 Å². The Morgan fingerprint density at radius 1 is 1.04 bits per heavy atom. The van der Waals surface area contributed by atoms with Crippen molar-refractivity contribution < 1.29 is 9.90 Å². The molecule has 0 fully saturated rings. The Kier molecular flexibility index (Phi) is 4.18. The summed E-state index contributed by atoms with van der Waals surface area (Å²) in [6.45, 7) is 7.94. The maximum absolute atomic E-state index is 13.5. The number of fused-ring (bicyclic) bond motifs is 5. The van der Waals surface area contributed by atoms with E-state index in [-0.39, 0.29) is 17.2 Å². The van der Waals surface area contributed by atoms with Crippen LogP contribution in [0.1, 0.15) is 55.2 Å². The number of hydrogen-bond donors (Lipinski definition) is 1. The number of nitrogens with zero attached hydrogens (tertiary/aromatic N) is 2. The van der Waals surface area contributed by atoms with Gasteiger partial charge >= 0.3 is 0 Å². The number of carbonyl (C=O) groups is 1. The summed E-state index contributed by atoms with van der Waals surface area (Å²) in [5.41, 5.74) is 5.20. The van der Waals surface area contributed by atoms with Crippen LogP contribution in [0.15, 0.2) is 22.7 Å². The van der Waals surface area contributed by atoms with E-state index in [4.69, 9.17) is 0 Å². The van der Waals surface area contributed by atoms with Gasteiger partial charge in [-0.05, 0) is 91.7 Å². The lowest BCUT2D eigenvalue weighted by molar-refractivity contribution is 0.0558. The summed E-state index contributed by atoms with van der Waals surface area (Å²) in [7, 11) is 0. The van der Waals surface area contributed by atoms with Gasteiger partial charge in [-0.1, -0.05) is 0 Å². The first kappa shape index (κ1) is 17.7. The fourth-order valence-corrected chi connectivity index (χ4v) is 4.58. The number of carbonyl (C=O) groups excluding carboxylic acids is 1. The molecule has 1 aromatic carbocycles. The molecule has 1 N–H and O–H groups in total. The predicted molar refractivity (Wildman–Crippen MR) is 107 cm³/mol. The Morgan fingerprint density at radius 3 is 2.54 bits per heavy atom. The molecule has 5 heteroatoms. The first-order valence-electron chi connectivity index (χ1n) is 9.33. The van der Waals surface area contributed by atoms with Crippen molar-refractivity contribution in [1.82, 2.24) is 9.47 Å². The van der Waals surface area contributed by atoms with E-state index in [0.29, 0.717) is 4.47 Å². The molecule has 2 aromatic rings. The van der Waals surface area contributed by atoms with Gasteiger partial charge in [0.2, 0.25) is 0 Å². The number of hydrogen-bond acceptors (Lipinski definition) is 2. The molecular formula is C21H25BrN2O2. The van der Waals surface area contributed by atoms with Crippen molar-refractivity contribution in [1.29, 1.82) is 0 Å². The molecule has 1 amide bonds. The number of phenols is 1. The molecule has 4 nitrogen and oxygen atoms in total. The smallest absolute Gasteiger partial charge is 0.271 e. The van der Waals surface area contributed by atoms with E-state index in [2.05, 4.69) is 47.3 Å². The van der Waals surface area contributed by atoms with E-state index in [1.165, 1.54) is 0 Å². The summed E-state index contributed by atoms with van der Waals surface area (Å²) < 4.78 is 2.90. The molecule has 4 rings (SSSR count). The van der Waals surface area contributed by atoms with Crippen LogP contribution in [0.5, 0.6) is 5.75 Å². The van der Waals surface area contributed by atoms with Crippen molar-refractivity contribution >= 4 is 21.8 Å². The third kappa shape index (κ3) is 2.77. The minimum Gasteiger partial charge on any atom is -0.507 e. The number of aromatic hydroxyl groups is 1. The summed E-state index contributed by atoms with van der Waals surface area (Å²) in [4.78, 5) is 15.5. The number of aryl methyl sites for hydroxylation is 2. The fraction of sp³-hybridized carbons (Fsp3) is 0.476. The van der Waals surface area contributed by atoms with Gasteiger partial charge in [0.1, 0.15) is 11.4 Å². The first-order valence-corrected chi connectivity index (χ1v) is 10.1. The van der Waals surface area contributed by atoms with Crippen molar-refractivity contribution in [3.8, 4) is 17.0 Å². The molecule has 2 aliphatic rings. The van der Waals surface area contributed by atoms with Crippen LogP contribution in [0.4, 0.5) is 0 Å². The predicted octanol–water partition coefficient (Wildman–Crippen LogP) is 4.76. The Bertz CT molecular complexity index is 892. The summed E-state index contributed by atoms with van der Waals surface area (Å²) in [5, 5.41) is 10.0. The van der Waals surface area contributed by atoms with Gasteiger partial charge < -0.3 is 14.6 Å². The van der Waals surface area contributed by atoms with Crippen molar-refractivity contribution in [2.45, 2.75) is 58.5 Å². The quantitative estimate of drug-likeness (QED) is 0.672. The van der Waals surface area contributed by atoms with Crippen LogP contribution in [0.25, 0.3) is 11.3 Å². The molecule has 0 spiro atoms. The van der Waals surface area contributed by atoms with Gasteiger partial charge in [-0.2, -0.15) is 0 Å². The number of amides is 1. The van der Waals surface area contributed by atoms with Crippen LogP contribution >= 0.6 is 15.9 Å². The molecule has 138 valence electrons. The zero-order valence-electron chi connectivity index (χ0n) is 15.6.